The number of hydrogen-bond donors (Lipinski definition) is 2. The quantitative estimate of drug-likeness (QED) is 0.741. The van der Waals surface area contributed by atoms with E-state index in [2.05, 4.69) is 16.4 Å². The predicted octanol–water partition coefficient (Wildman–Crippen LogP) is 4.24. The molecule has 0 amide bonds. The van der Waals surface area contributed by atoms with Gasteiger partial charge in [-0.25, -0.2) is 0 Å². The molecule has 112 valence electrons. The first kappa shape index (κ1) is 13.9. The molecule has 1 aliphatic rings. The van der Waals surface area contributed by atoms with Gasteiger partial charge in [0.05, 0.1) is 23.0 Å². The van der Waals surface area contributed by atoms with E-state index in [1.807, 2.05) is 30.3 Å². The summed E-state index contributed by atoms with van der Waals surface area (Å²) in [6, 6.07) is 15.0. The van der Waals surface area contributed by atoms with Crippen molar-refractivity contribution >= 4 is 34.0 Å². The number of hydrogen-bond acceptors (Lipinski definition) is 3. The molecule has 2 heterocycles. The Balaban J connectivity index is 1.98. The summed E-state index contributed by atoms with van der Waals surface area (Å²) in [5, 5.41) is 14.0. The molecule has 2 aromatic carbocycles. The minimum atomic E-state index is -1.08. The normalized spacial score (nSPS) is 19.4. The van der Waals surface area contributed by atoms with E-state index in [1.165, 1.54) is 0 Å². The van der Waals surface area contributed by atoms with Gasteiger partial charge in [0, 0.05) is 28.4 Å². The number of halogens is 1. The molecule has 4 rings (SSSR count). The molecule has 4 nitrogen and oxygen atoms in total. The Bertz CT molecular complexity index is 985. The van der Waals surface area contributed by atoms with Crippen LogP contribution in [0.5, 0.6) is 0 Å². The van der Waals surface area contributed by atoms with E-state index in [-0.39, 0.29) is 12.2 Å². The molecule has 0 saturated carbocycles. The molecule has 0 radical (unpaired) electrons. The van der Waals surface area contributed by atoms with Crippen molar-refractivity contribution in [3.63, 3.8) is 0 Å². The number of H-pyrrole nitrogens is 1. The van der Waals surface area contributed by atoms with Crippen LogP contribution in [0.4, 0.5) is 5.69 Å². The molecule has 23 heavy (non-hydrogen) atoms. The van der Waals surface area contributed by atoms with Gasteiger partial charge in [-0.1, -0.05) is 35.9 Å². The van der Waals surface area contributed by atoms with Crippen molar-refractivity contribution in [3.05, 3.63) is 64.8 Å². The van der Waals surface area contributed by atoms with Crippen molar-refractivity contribution in [1.29, 1.82) is 5.26 Å². The van der Waals surface area contributed by atoms with E-state index in [9.17, 15) is 10.1 Å². The molecule has 5 heteroatoms. The number of nitrogens with zero attached hydrogens (tertiary/aromatic N) is 1. The lowest BCUT2D eigenvalue weighted by molar-refractivity contribution is 0.0920. The van der Waals surface area contributed by atoms with E-state index in [0.29, 0.717) is 10.6 Å². The lowest BCUT2D eigenvalue weighted by atomic mass is 9.83. The van der Waals surface area contributed by atoms with Gasteiger partial charge in [-0.15, -0.1) is 0 Å². The van der Waals surface area contributed by atoms with E-state index < -0.39 is 5.54 Å². The largest absolute Gasteiger partial charge is 0.367 e. The van der Waals surface area contributed by atoms with Crippen molar-refractivity contribution < 1.29 is 4.79 Å². The van der Waals surface area contributed by atoms with Gasteiger partial charge in [0.15, 0.2) is 5.78 Å². The van der Waals surface area contributed by atoms with Crippen molar-refractivity contribution in [2.45, 2.75) is 12.0 Å². The van der Waals surface area contributed by atoms with Crippen LogP contribution in [-0.2, 0) is 5.54 Å². The lowest BCUT2D eigenvalue weighted by Gasteiger charge is -2.25. The molecule has 2 N–H and O–H groups in total. The zero-order chi connectivity index (χ0) is 16.0. The molecular formula is C18H12ClN3O. The molecule has 1 unspecified atom stereocenters. The van der Waals surface area contributed by atoms with Crippen LogP contribution >= 0.6 is 11.6 Å². The molecule has 1 atom stereocenters. The molecule has 0 aliphatic carbocycles. The summed E-state index contributed by atoms with van der Waals surface area (Å²) >= 11 is 6.22. The number of rotatable bonds is 2. The first-order valence-electron chi connectivity index (χ1n) is 7.22. The standard InChI is InChI=1S/C18H12ClN3O/c19-14-6-3-5-11-13(10-21-16(11)14)18(8-9-20)17(23)12-4-1-2-7-15(12)22-18/h1-7,10,21-22H,8H2. The van der Waals surface area contributed by atoms with Crippen molar-refractivity contribution in [1.82, 2.24) is 4.98 Å². The summed E-state index contributed by atoms with van der Waals surface area (Å²) in [5.74, 6) is -0.0875. The maximum absolute atomic E-state index is 13.1. The van der Waals surface area contributed by atoms with E-state index in [1.54, 1.807) is 18.3 Å². The lowest BCUT2D eigenvalue weighted by Crippen LogP contribution is -2.38. The Labute approximate surface area is 137 Å². The number of ketones is 1. The molecule has 0 spiro atoms. The number of anilines is 1. The van der Waals surface area contributed by atoms with Gasteiger partial charge in [0.2, 0.25) is 0 Å². The first-order valence-corrected chi connectivity index (χ1v) is 7.60. The second-order valence-corrected chi connectivity index (χ2v) is 6.01. The summed E-state index contributed by atoms with van der Waals surface area (Å²) in [5.41, 5.74) is 1.80. The highest BCUT2D eigenvalue weighted by atomic mass is 35.5. The van der Waals surface area contributed by atoms with Crippen LogP contribution in [0, 0.1) is 11.3 Å². The number of aromatic nitrogens is 1. The highest BCUT2D eigenvalue weighted by Gasteiger charge is 2.47. The number of carbonyl (C=O) groups is 1. The van der Waals surface area contributed by atoms with Crippen LogP contribution in [0.15, 0.2) is 48.7 Å². The number of nitriles is 1. The fourth-order valence-corrected chi connectivity index (χ4v) is 3.53. The number of Topliss-reactive ketones (excluding diaryl/α,β-unsaturated/α-hetero) is 1. The van der Waals surface area contributed by atoms with Gasteiger partial charge < -0.3 is 10.3 Å². The highest BCUT2D eigenvalue weighted by molar-refractivity contribution is 6.35. The third-order valence-electron chi connectivity index (χ3n) is 4.38. The van der Waals surface area contributed by atoms with Gasteiger partial charge in [0.25, 0.3) is 0 Å². The predicted molar refractivity (Wildman–Crippen MR) is 89.6 cm³/mol. The summed E-state index contributed by atoms with van der Waals surface area (Å²) in [7, 11) is 0. The number of fused-ring (bicyclic) bond motifs is 2. The van der Waals surface area contributed by atoms with Crippen LogP contribution in [0.25, 0.3) is 10.9 Å². The van der Waals surface area contributed by atoms with Crippen LogP contribution in [0.1, 0.15) is 22.3 Å². The third kappa shape index (κ3) is 1.81. The minimum absolute atomic E-state index is 0.0416. The molecule has 1 aromatic heterocycles. The Morgan fingerprint density at radius 1 is 1.17 bits per heavy atom. The van der Waals surface area contributed by atoms with Gasteiger partial charge >= 0.3 is 0 Å². The van der Waals surface area contributed by atoms with Crippen molar-refractivity contribution in [2.24, 2.45) is 0 Å². The molecule has 3 aromatic rings. The molecular weight excluding hydrogens is 310 g/mol. The molecule has 0 saturated heterocycles. The fourth-order valence-electron chi connectivity index (χ4n) is 3.31. The van der Waals surface area contributed by atoms with Crippen LogP contribution in [0.3, 0.4) is 0 Å². The van der Waals surface area contributed by atoms with Gasteiger partial charge in [0.1, 0.15) is 5.54 Å². The maximum atomic E-state index is 13.1. The topological polar surface area (TPSA) is 68.7 Å². The summed E-state index contributed by atoms with van der Waals surface area (Å²) in [4.78, 5) is 16.2. The van der Waals surface area contributed by atoms with Crippen molar-refractivity contribution in [3.8, 4) is 6.07 Å². The van der Waals surface area contributed by atoms with Gasteiger partial charge in [-0.05, 0) is 18.2 Å². The second kappa shape index (κ2) is 4.87. The number of nitrogens with one attached hydrogen (secondary N) is 2. The fraction of sp³-hybridized carbons (Fsp3) is 0.111. The average molecular weight is 322 g/mol. The number of para-hydroxylation sites is 2. The summed E-state index contributed by atoms with van der Waals surface area (Å²) < 4.78 is 0. The molecule has 0 fully saturated rings. The molecule has 0 bridgehead atoms. The second-order valence-electron chi connectivity index (χ2n) is 5.60. The third-order valence-corrected chi connectivity index (χ3v) is 4.69. The maximum Gasteiger partial charge on any atom is 0.195 e. The number of carbonyl (C=O) groups excluding carboxylic acids is 1. The highest BCUT2D eigenvalue weighted by Crippen LogP contribution is 2.44. The zero-order valence-corrected chi connectivity index (χ0v) is 12.8. The van der Waals surface area contributed by atoms with E-state index >= 15 is 0 Å². The minimum Gasteiger partial charge on any atom is -0.367 e. The van der Waals surface area contributed by atoms with Gasteiger partial charge in [-0.3, -0.25) is 4.79 Å². The molecule has 1 aliphatic heterocycles. The van der Waals surface area contributed by atoms with Gasteiger partial charge in [-0.2, -0.15) is 5.26 Å². The summed E-state index contributed by atoms with van der Waals surface area (Å²) in [6.07, 6.45) is 1.81. The van der Waals surface area contributed by atoms with E-state index in [0.717, 1.165) is 22.2 Å². The average Bonchev–Trinajstić information content (AvgIpc) is 3.10. The number of benzene rings is 2. The van der Waals surface area contributed by atoms with Crippen LogP contribution in [0.2, 0.25) is 5.02 Å². The Hall–Kier alpha value is -2.77. The Morgan fingerprint density at radius 2 is 2.00 bits per heavy atom. The van der Waals surface area contributed by atoms with Crippen LogP contribution < -0.4 is 5.32 Å². The summed E-state index contributed by atoms with van der Waals surface area (Å²) in [6.45, 7) is 0. The zero-order valence-electron chi connectivity index (χ0n) is 12.1. The van der Waals surface area contributed by atoms with Crippen molar-refractivity contribution in [2.75, 3.05) is 5.32 Å². The first-order chi connectivity index (χ1) is 11.2. The number of aromatic amines is 1. The van der Waals surface area contributed by atoms with Crippen LogP contribution in [-0.4, -0.2) is 10.8 Å². The Kier molecular flexibility index (Phi) is 2.93. The smallest absolute Gasteiger partial charge is 0.195 e. The SMILES string of the molecule is N#CCC1(c2c[nH]c3c(Cl)cccc23)Nc2ccccc2C1=O. The Morgan fingerprint density at radius 3 is 2.78 bits per heavy atom. The van der Waals surface area contributed by atoms with E-state index in [4.69, 9.17) is 11.6 Å². The monoisotopic (exact) mass is 321 g/mol.